The zero-order valence-corrected chi connectivity index (χ0v) is 14.2. The number of carbonyl (C=O) groups is 3. The molecule has 0 saturated heterocycles. The van der Waals surface area contributed by atoms with Gasteiger partial charge in [-0.2, -0.15) is 0 Å². The molecule has 1 aromatic carbocycles. The van der Waals surface area contributed by atoms with Crippen LogP contribution in [-0.4, -0.2) is 28.9 Å². The average Bonchev–Trinajstić information content (AvgIpc) is 2.50. The predicted octanol–water partition coefficient (Wildman–Crippen LogP) is 2.44. The van der Waals surface area contributed by atoms with Crippen LogP contribution in [-0.2, 0) is 14.4 Å². The smallest absolute Gasteiger partial charge is 0.326 e. The highest BCUT2D eigenvalue weighted by Crippen LogP contribution is 2.19. The van der Waals surface area contributed by atoms with Gasteiger partial charge in [-0.3, -0.25) is 9.59 Å². The van der Waals surface area contributed by atoms with E-state index in [2.05, 4.69) is 17.2 Å². The summed E-state index contributed by atoms with van der Waals surface area (Å²) in [6, 6.07) is 5.19. The van der Waals surface area contributed by atoms with E-state index >= 15 is 0 Å². The number of hydrogen-bond acceptors (Lipinski definition) is 3. The van der Waals surface area contributed by atoms with Crippen LogP contribution in [0.15, 0.2) is 36.9 Å². The summed E-state index contributed by atoms with van der Waals surface area (Å²) in [4.78, 5) is 34.7. The van der Waals surface area contributed by atoms with Gasteiger partial charge in [0.1, 0.15) is 6.04 Å². The van der Waals surface area contributed by atoms with Gasteiger partial charge in [0.05, 0.1) is 12.5 Å². The maximum Gasteiger partial charge on any atom is 0.326 e. The Morgan fingerprint density at radius 2 is 1.88 bits per heavy atom. The summed E-state index contributed by atoms with van der Waals surface area (Å²) >= 11 is 5.84. The standard InChI is InChI=1S/C17H21ClN2O4/c1-3-4-5-14(17(23)24)20-16(22)10-15(19-11(2)21)12-6-8-13(18)9-7-12/h3,6-9,14-15H,1,4-5,10H2,2H3,(H,19,21)(H,20,22)(H,23,24). The second-order valence-corrected chi connectivity index (χ2v) is 5.77. The van der Waals surface area contributed by atoms with Crippen molar-refractivity contribution in [1.29, 1.82) is 0 Å². The van der Waals surface area contributed by atoms with Crippen molar-refractivity contribution in [2.45, 2.75) is 38.3 Å². The fraction of sp³-hybridized carbons (Fsp3) is 0.353. The van der Waals surface area contributed by atoms with Crippen LogP contribution in [0.2, 0.25) is 5.02 Å². The van der Waals surface area contributed by atoms with Gasteiger partial charge in [0.2, 0.25) is 11.8 Å². The maximum absolute atomic E-state index is 12.2. The van der Waals surface area contributed by atoms with Crippen LogP contribution in [0, 0.1) is 0 Å². The van der Waals surface area contributed by atoms with Crippen molar-refractivity contribution in [2.75, 3.05) is 0 Å². The molecule has 6 nitrogen and oxygen atoms in total. The Hall–Kier alpha value is -2.34. The minimum absolute atomic E-state index is 0.0704. The van der Waals surface area contributed by atoms with E-state index in [0.717, 1.165) is 0 Å². The molecule has 0 heterocycles. The van der Waals surface area contributed by atoms with E-state index in [1.54, 1.807) is 30.3 Å². The van der Waals surface area contributed by atoms with E-state index in [0.29, 0.717) is 17.0 Å². The molecule has 7 heteroatoms. The van der Waals surface area contributed by atoms with Crippen LogP contribution in [0.1, 0.15) is 37.8 Å². The van der Waals surface area contributed by atoms with E-state index < -0.39 is 24.0 Å². The van der Waals surface area contributed by atoms with E-state index in [1.165, 1.54) is 6.92 Å². The summed E-state index contributed by atoms with van der Waals surface area (Å²) in [6.45, 7) is 4.89. The highest BCUT2D eigenvalue weighted by Gasteiger charge is 2.22. The highest BCUT2D eigenvalue weighted by molar-refractivity contribution is 6.30. The molecular formula is C17H21ClN2O4. The average molecular weight is 353 g/mol. The Bertz CT molecular complexity index is 601. The van der Waals surface area contributed by atoms with Gasteiger partial charge in [0.15, 0.2) is 0 Å². The van der Waals surface area contributed by atoms with Crippen molar-refractivity contribution in [3.8, 4) is 0 Å². The van der Waals surface area contributed by atoms with Gasteiger partial charge in [0, 0.05) is 11.9 Å². The lowest BCUT2D eigenvalue weighted by molar-refractivity contribution is -0.142. The molecule has 0 aliphatic carbocycles. The van der Waals surface area contributed by atoms with Crippen LogP contribution in [0.25, 0.3) is 0 Å². The van der Waals surface area contributed by atoms with Gasteiger partial charge in [-0.25, -0.2) is 4.79 Å². The molecule has 0 spiro atoms. The summed E-state index contributed by atoms with van der Waals surface area (Å²) in [5.41, 5.74) is 0.711. The number of aliphatic carboxylic acids is 1. The molecule has 2 atom stereocenters. The van der Waals surface area contributed by atoms with Crippen molar-refractivity contribution in [3.63, 3.8) is 0 Å². The Kier molecular flexibility index (Phi) is 7.98. The van der Waals surface area contributed by atoms with E-state index in [4.69, 9.17) is 16.7 Å². The van der Waals surface area contributed by atoms with Gasteiger partial charge in [-0.1, -0.05) is 29.8 Å². The molecular weight excluding hydrogens is 332 g/mol. The van der Waals surface area contributed by atoms with Gasteiger partial charge < -0.3 is 15.7 Å². The normalized spacial score (nSPS) is 12.8. The molecule has 130 valence electrons. The quantitative estimate of drug-likeness (QED) is 0.595. The molecule has 2 amide bonds. The predicted molar refractivity (Wildman–Crippen MR) is 91.6 cm³/mol. The number of carbonyl (C=O) groups excluding carboxylic acids is 2. The first kappa shape index (κ1) is 19.7. The van der Waals surface area contributed by atoms with Gasteiger partial charge >= 0.3 is 5.97 Å². The highest BCUT2D eigenvalue weighted by atomic mass is 35.5. The third-order valence-electron chi connectivity index (χ3n) is 3.33. The van der Waals surface area contributed by atoms with Crippen LogP contribution < -0.4 is 10.6 Å². The monoisotopic (exact) mass is 352 g/mol. The van der Waals surface area contributed by atoms with E-state index in [9.17, 15) is 14.4 Å². The molecule has 2 unspecified atom stereocenters. The first-order valence-electron chi connectivity index (χ1n) is 7.49. The third-order valence-corrected chi connectivity index (χ3v) is 3.58. The minimum atomic E-state index is -1.10. The number of carboxylic acids is 1. The number of rotatable bonds is 9. The lowest BCUT2D eigenvalue weighted by Gasteiger charge is -2.20. The number of allylic oxidation sites excluding steroid dienone is 1. The van der Waals surface area contributed by atoms with Crippen molar-refractivity contribution in [3.05, 3.63) is 47.5 Å². The van der Waals surface area contributed by atoms with E-state index in [1.807, 2.05) is 0 Å². The van der Waals surface area contributed by atoms with Gasteiger partial charge in [0.25, 0.3) is 0 Å². The molecule has 0 aliphatic rings. The molecule has 1 aromatic rings. The maximum atomic E-state index is 12.2. The number of amides is 2. The number of halogens is 1. The van der Waals surface area contributed by atoms with Crippen LogP contribution >= 0.6 is 11.6 Å². The fourth-order valence-electron chi connectivity index (χ4n) is 2.17. The molecule has 0 bridgehead atoms. The van der Waals surface area contributed by atoms with Crippen LogP contribution in [0.3, 0.4) is 0 Å². The molecule has 0 saturated carbocycles. The molecule has 1 rings (SSSR count). The van der Waals surface area contributed by atoms with Crippen molar-refractivity contribution in [1.82, 2.24) is 10.6 Å². The molecule has 0 fully saturated rings. The lowest BCUT2D eigenvalue weighted by atomic mass is 10.0. The Balaban J connectivity index is 2.79. The Morgan fingerprint density at radius 1 is 1.25 bits per heavy atom. The minimum Gasteiger partial charge on any atom is -0.480 e. The summed E-state index contributed by atoms with van der Waals surface area (Å²) < 4.78 is 0. The summed E-state index contributed by atoms with van der Waals surface area (Å²) in [7, 11) is 0. The Morgan fingerprint density at radius 3 is 2.38 bits per heavy atom. The molecule has 3 N–H and O–H groups in total. The number of carboxylic acid groups (broad SMARTS) is 1. The van der Waals surface area contributed by atoms with Crippen molar-refractivity contribution in [2.24, 2.45) is 0 Å². The lowest BCUT2D eigenvalue weighted by Crippen LogP contribution is -2.42. The molecule has 0 aliphatic heterocycles. The number of nitrogens with one attached hydrogen (secondary N) is 2. The van der Waals surface area contributed by atoms with Crippen LogP contribution in [0.4, 0.5) is 0 Å². The summed E-state index contributed by atoms with van der Waals surface area (Å²) in [6.07, 6.45) is 2.26. The topological polar surface area (TPSA) is 95.5 Å². The largest absolute Gasteiger partial charge is 0.480 e. The first-order chi connectivity index (χ1) is 11.3. The van der Waals surface area contributed by atoms with Crippen LogP contribution in [0.5, 0.6) is 0 Å². The SMILES string of the molecule is C=CCCC(NC(=O)CC(NC(C)=O)c1ccc(Cl)cc1)C(=O)O. The van der Waals surface area contributed by atoms with Gasteiger partial charge in [-0.15, -0.1) is 6.58 Å². The van der Waals surface area contributed by atoms with E-state index in [-0.39, 0.29) is 18.7 Å². The summed E-state index contributed by atoms with van der Waals surface area (Å²) in [5, 5.41) is 14.8. The Labute approximate surface area is 145 Å². The zero-order valence-electron chi connectivity index (χ0n) is 13.4. The molecule has 0 aromatic heterocycles. The zero-order chi connectivity index (χ0) is 18.1. The third kappa shape index (κ3) is 6.83. The summed E-state index contributed by atoms with van der Waals surface area (Å²) in [5.74, 6) is -1.85. The first-order valence-corrected chi connectivity index (χ1v) is 7.87. The second-order valence-electron chi connectivity index (χ2n) is 5.33. The number of hydrogen-bond donors (Lipinski definition) is 3. The van der Waals surface area contributed by atoms with Crippen molar-refractivity contribution >= 4 is 29.4 Å². The number of benzene rings is 1. The van der Waals surface area contributed by atoms with Crippen molar-refractivity contribution < 1.29 is 19.5 Å². The molecule has 24 heavy (non-hydrogen) atoms. The fourth-order valence-corrected chi connectivity index (χ4v) is 2.30. The van der Waals surface area contributed by atoms with Gasteiger partial charge in [-0.05, 0) is 30.5 Å². The second kappa shape index (κ2) is 9.72. The molecule has 0 radical (unpaired) electrons.